The van der Waals surface area contributed by atoms with E-state index in [2.05, 4.69) is 0 Å². The van der Waals surface area contributed by atoms with Crippen LogP contribution in [0.4, 0.5) is 26.3 Å². The van der Waals surface area contributed by atoms with Crippen molar-refractivity contribution >= 4 is 12.0 Å². The van der Waals surface area contributed by atoms with Gasteiger partial charge in [0.2, 0.25) is 6.10 Å². The molecule has 0 saturated heterocycles. The summed E-state index contributed by atoms with van der Waals surface area (Å²) >= 11 is 0. The van der Waals surface area contributed by atoms with Crippen LogP contribution in [0.25, 0.3) is 17.2 Å². The van der Waals surface area contributed by atoms with Gasteiger partial charge in [0.25, 0.3) is 0 Å². The van der Waals surface area contributed by atoms with E-state index in [1.165, 1.54) is 30.3 Å². The van der Waals surface area contributed by atoms with Crippen LogP contribution in [0.1, 0.15) is 11.1 Å². The third kappa shape index (κ3) is 3.76. The van der Waals surface area contributed by atoms with Gasteiger partial charge in [-0.1, -0.05) is 18.2 Å². The SMILES string of the molecule is O=C(O)C1=Cc2cc(-c3cccc(C(F)(F)F)c3)ccc2OC1C(F)(F)F. The Morgan fingerprint density at radius 3 is 2.22 bits per heavy atom. The second kappa shape index (κ2) is 6.33. The van der Waals surface area contributed by atoms with Gasteiger partial charge < -0.3 is 9.84 Å². The maximum absolute atomic E-state index is 13.0. The third-order valence-corrected chi connectivity index (χ3v) is 3.92. The van der Waals surface area contributed by atoms with Crippen LogP contribution in [-0.4, -0.2) is 23.4 Å². The fourth-order valence-electron chi connectivity index (χ4n) is 2.67. The molecular formula is C18H10F6O3. The zero-order chi connectivity index (χ0) is 20.0. The molecule has 1 aliphatic rings. The van der Waals surface area contributed by atoms with Crippen LogP contribution in [-0.2, 0) is 11.0 Å². The fourth-order valence-corrected chi connectivity index (χ4v) is 2.67. The molecule has 2 aromatic rings. The molecule has 0 fully saturated rings. The molecule has 3 rings (SSSR count). The number of aliphatic carboxylic acids is 1. The van der Waals surface area contributed by atoms with Gasteiger partial charge in [-0.15, -0.1) is 0 Å². The summed E-state index contributed by atoms with van der Waals surface area (Å²) in [6.45, 7) is 0. The van der Waals surface area contributed by atoms with Crippen LogP contribution in [0.15, 0.2) is 48.0 Å². The average Bonchev–Trinajstić information content (AvgIpc) is 2.58. The van der Waals surface area contributed by atoms with Crippen LogP contribution in [0.5, 0.6) is 5.75 Å². The highest BCUT2D eigenvalue weighted by atomic mass is 19.4. The van der Waals surface area contributed by atoms with Crippen molar-refractivity contribution in [1.29, 1.82) is 0 Å². The molecule has 1 unspecified atom stereocenters. The summed E-state index contributed by atoms with van der Waals surface area (Å²) < 4.78 is 82.4. The number of halogens is 6. The molecule has 0 aliphatic carbocycles. The van der Waals surface area contributed by atoms with Gasteiger partial charge in [0.05, 0.1) is 11.1 Å². The zero-order valence-electron chi connectivity index (χ0n) is 13.2. The van der Waals surface area contributed by atoms with Crippen molar-refractivity contribution in [2.24, 2.45) is 0 Å². The molecule has 1 heterocycles. The number of carbonyl (C=O) groups is 1. The summed E-state index contributed by atoms with van der Waals surface area (Å²) in [7, 11) is 0. The maximum atomic E-state index is 13.0. The molecule has 3 nitrogen and oxygen atoms in total. The largest absolute Gasteiger partial charge is 0.478 e. The van der Waals surface area contributed by atoms with Crippen molar-refractivity contribution in [1.82, 2.24) is 0 Å². The predicted molar refractivity (Wildman–Crippen MR) is 83.0 cm³/mol. The molecule has 9 heteroatoms. The first-order valence-corrected chi connectivity index (χ1v) is 7.47. The Bertz CT molecular complexity index is 927. The lowest BCUT2D eigenvalue weighted by atomic mass is 9.96. The summed E-state index contributed by atoms with van der Waals surface area (Å²) in [5.41, 5.74) is -1.40. The molecule has 0 radical (unpaired) electrons. The highest BCUT2D eigenvalue weighted by Gasteiger charge is 2.48. The summed E-state index contributed by atoms with van der Waals surface area (Å²) in [4.78, 5) is 11.2. The van der Waals surface area contributed by atoms with Gasteiger partial charge in [-0.05, 0) is 41.5 Å². The normalized spacial score (nSPS) is 17.0. The van der Waals surface area contributed by atoms with E-state index in [-0.39, 0.29) is 22.4 Å². The molecule has 0 bridgehead atoms. The Hall–Kier alpha value is -2.97. The summed E-state index contributed by atoms with van der Waals surface area (Å²) in [5.74, 6) is -2.01. The number of carboxylic acid groups (broad SMARTS) is 1. The quantitative estimate of drug-likeness (QED) is 0.723. The molecule has 0 saturated carbocycles. The molecule has 142 valence electrons. The molecule has 2 aromatic carbocycles. The summed E-state index contributed by atoms with van der Waals surface area (Å²) in [5, 5.41) is 9.04. The number of carboxylic acids is 1. The molecule has 1 atom stereocenters. The number of hydrogen-bond acceptors (Lipinski definition) is 2. The minimum absolute atomic E-state index is 0.0304. The number of alkyl halides is 6. The third-order valence-electron chi connectivity index (χ3n) is 3.92. The molecule has 1 N–H and O–H groups in total. The lowest BCUT2D eigenvalue weighted by Crippen LogP contribution is -2.40. The first kappa shape index (κ1) is 18.8. The second-order valence-electron chi connectivity index (χ2n) is 5.78. The zero-order valence-corrected chi connectivity index (χ0v) is 13.2. The lowest BCUT2D eigenvalue weighted by molar-refractivity contribution is -0.187. The average molecular weight is 388 g/mol. The lowest BCUT2D eigenvalue weighted by Gasteiger charge is -2.27. The Kier molecular flexibility index (Phi) is 4.41. The van der Waals surface area contributed by atoms with Crippen LogP contribution in [0.2, 0.25) is 0 Å². The van der Waals surface area contributed by atoms with E-state index in [9.17, 15) is 31.1 Å². The minimum atomic E-state index is -4.93. The standard InChI is InChI=1S/C18H10F6O3/c19-17(20,21)12-3-1-2-9(7-12)10-4-5-14-11(6-10)8-13(16(25)26)15(27-14)18(22,23)24/h1-8,15H,(H,25,26). The van der Waals surface area contributed by atoms with Crippen molar-refractivity contribution in [2.45, 2.75) is 18.5 Å². The highest BCUT2D eigenvalue weighted by molar-refractivity contribution is 5.95. The first-order chi connectivity index (χ1) is 12.5. The second-order valence-corrected chi connectivity index (χ2v) is 5.78. The first-order valence-electron chi connectivity index (χ1n) is 7.47. The number of benzene rings is 2. The summed E-state index contributed by atoms with van der Waals surface area (Å²) in [6.07, 6.45) is -11.3. The number of rotatable bonds is 2. The minimum Gasteiger partial charge on any atom is -0.478 e. The van der Waals surface area contributed by atoms with Crippen molar-refractivity contribution in [3.63, 3.8) is 0 Å². The van der Waals surface area contributed by atoms with Crippen LogP contribution < -0.4 is 4.74 Å². The molecule has 27 heavy (non-hydrogen) atoms. The smallest absolute Gasteiger partial charge is 0.430 e. The molecule has 0 spiro atoms. The van der Waals surface area contributed by atoms with Gasteiger partial charge in [0, 0.05) is 5.56 Å². The Labute approximate surface area is 148 Å². The van der Waals surface area contributed by atoms with Crippen LogP contribution in [0, 0.1) is 0 Å². The Balaban J connectivity index is 2.06. The molecule has 0 amide bonds. The van der Waals surface area contributed by atoms with E-state index < -0.39 is 35.6 Å². The van der Waals surface area contributed by atoms with Gasteiger partial charge in [-0.2, -0.15) is 26.3 Å². The fraction of sp³-hybridized carbons (Fsp3) is 0.167. The van der Waals surface area contributed by atoms with E-state index in [1.807, 2.05) is 0 Å². The number of fused-ring (bicyclic) bond motifs is 1. The van der Waals surface area contributed by atoms with E-state index >= 15 is 0 Å². The van der Waals surface area contributed by atoms with E-state index in [4.69, 9.17) is 9.84 Å². The van der Waals surface area contributed by atoms with E-state index in [0.717, 1.165) is 18.2 Å². The van der Waals surface area contributed by atoms with E-state index in [1.54, 1.807) is 0 Å². The van der Waals surface area contributed by atoms with Gasteiger partial charge in [-0.3, -0.25) is 0 Å². The van der Waals surface area contributed by atoms with Crippen LogP contribution >= 0.6 is 0 Å². The van der Waals surface area contributed by atoms with Crippen LogP contribution in [0.3, 0.4) is 0 Å². The van der Waals surface area contributed by atoms with Gasteiger partial charge in [0.1, 0.15) is 5.75 Å². The maximum Gasteiger partial charge on any atom is 0.430 e. The monoisotopic (exact) mass is 388 g/mol. The van der Waals surface area contributed by atoms with Crippen molar-refractivity contribution < 1.29 is 41.0 Å². The van der Waals surface area contributed by atoms with Gasteiger partial charge in [0.15, 0.2) is 0 Å². The topological polar surface area (TPSA) is 46.5 Å². The molecular weight excluding hydrogens is 378 g/mol. The Morgan fingerprint density at radius 1 is 0.963 bits per heavy atom. The predicted octanol–water partition coefficient (Wildman–Crippen LogP) is 5.16. The molecule has 0 aromatic heterocycles. The van der Waals surface area contributed by atoms with E-state index in [0.29, 0.717) is 0 Å². The van der Waals surface area contributed by atoms with Gasteiger partial charge in [-0.25, -0.2) is 4.79 Å². The number of hydrogen-bond donors (Lipinski definition) is 1. The van der Waals surface area contributed by atoms with Gasteiger partial charge >= 0.3 is 18.3 Å². The molecule has 1 aliphatic heterocycles. The van der Waals surface area contributed by atoms with Crippen molar-refractivity contribution in [3.05, 3.63) is 59.2 Å². The summed E-state index contributed by atoms with van der Waals surface area (Å²) in [6, 6.07) is 8.14. The highest BCUT2D eigenvalue weighted by Crippen LogP contribution is 2.39. The van der Waals surface area contributed by atoms with Crippen molar-refractivity contribution in [3.8, 4) is 16.9 Å². The Morgan fingerprint density at radius 2 is 1.63 bits per heavy atom. The van der Waals surface area contributed by atoms with Crippen molar-refractivity contribution in [2.75, 3.05) is 0 Å². The number of ether oxygens (including phenoxy) is 1.